The van der Waals surface area contributed by atoms with E-state index in [2.05, 4.69) is 33.6 Å². The van der Waals surface area contributed by atoms with E-state index in [9.17, 15) is 4.79 Å². The van der Waals surface area contributed by atoms with Crippen LogP contribution in [-0.2, 0) is 4.74 Å². The van der Waals surface area contributed by atoms with E-state index >= 15 is 0 Å². The van der Waals surface area contributed by atoms with Crippen LogP contribution in [-0.4, -0.2) is 36.1 Å². The normalized spacial score (nSPS) is 10.4. The lowest BCUT2D eigenvalue weighted by molar-refractivity contribution is 0.0932. The van der Waals surface area contributed by atoms with Crippen LogP contribution < -0.4 is 10.6 Å². The third kappa shape index (κ3) is 4.50. The van der Waals surface area contributed by atoms with Crippen molar-refractivity contribution in [1.82, 2.24) is 15.3 Å². The second-order valence-corrected chi connectivity index (χ2v) is 5.31. The molecule has 1 aromatic heterocycles. The number of amides is 1. The van der Waals surface area contributed by atoms with Crippen LogP contribution in [0.3, 0.4) is 0 Å². The fraction of sp³-hybridized carbons (Fsp3) is 0.353. The molecule has 1 aromatic carbocycles. The number of carbonyl (C=O) groups excluding carboxylic acids is 1. The van der Waals surface area contributed by atoms with Gasteiger partial charge in [-0.05, 0) is 38.0 Å². The van der Waals surface area contributed by atoms with Crippen LogP contribution in [0.1, 0.15) is 27.4 Å². The van der Waals surface area contributed by atoms with Gasteiger partial charge in [-0.15, -0.1) is 0 Å². The fourth-order valence-corrected chi connectivity index (χ4v) is 2.13. The summed E-state index contributed by atoms with van der Waals surface area (Å²) in [6.45, 7) is 6.77. The summed E-state index contributed by atoms with van der Waals surface area (Å²) in [6.07, 6.45) is 0. The average molecular weight is 314 g/mol. The standard InChI is InChI=1S/C17H22N4O2/c1-11-6-5-7-14(12(11)2)21-16-10-15(19-13(3)20-16)17(22)18-8-9-23-4/h5-7,10H,8-9H2,1-4H3,(H,18,22)(H,19,20,21). The number of nitrogens with zero attached hydrogens (tertiary/aromatic N) is 2. The maximum absolute atomic E-state index is 12.1. The van der Waals surface area contributed by atoms with Crippen molar-refractivity contribution < 1.29 is 9.53 Å². The number of aryl methyl sites for hydroxylation is 2. The largest absolute Gasteiger partial charge is 0.383 e. The first-order valence-electron chi connectivity index (χ1n) is 7.47. The predicted molar refractivity (Wildman–Crippen MR) is 90.2 cm³/mol. The van der Waals surface area contributed by atoms with Crippen molar-refractivity contribution >= 4 is 17.4 Å². The number of anilines is 2. The quantitative estimate of drug-likeness (QED) is 0.801. The molecule has 0 fully saturated rings. The number of nitrogens with one attached hydrogen (secondary N) is 2. The Morgan fingerprint density at radius 2 is 2.00 bits per heavy atom. The molecule has 122 valence electrons. The number of methoxy groups -OCH3 is 1. The zero-order chi connectivity index (χ0) is 16.8. The van der Waals surface area contributed by atoms with Crippen LogP contribution in [0.2, 0.25) is 0 Å². The number of hydrogen-bond acceptors (Lipinski definition) is 5. The van der Waals surface area contributed by atoms with Crippen LogP contribution in [0.4, 0.5) is 11.5 Å². The van der Waals surface area contributed by atoms with E-state index in [1.807, 2.05) is 19.1 Å². The minimum atomic E-state index is -0.239. The number of hydrogen-bond donors (Lipinski definition) is 2. The summed E-state index contributed by atoms with van der Waals surface area (Å²) in [6, 6.07) is 7.67. The highest BCUT2D eigenvalue weighted by atomic mass is 16.5. The van der Waals surface area contributed by atoms with Crippen LogP contribution >= 0.6 is 0 Å². The van der Waals surface area contributed by atoms with Crippen molar-refractivity contribution in [3.63, 3.8) is 0 Å². The monoisotopic (exact) mass is 314 g/mol. The molecule has 23 heavy (non-hydrogen) atoms. The summed E-state index contributed by atoms with van der Waals surface area (Å²) in [7, 11) is 1.59. The Balaban J connectivity index is 2.20. The van der Waals surface area contributed by atoms with E-state index in [1.54, 1.807) is 20.1 Å². The fourth-order valence-electron chi connectivity index (χ4n) is 2.13. The summed E-state index contributed by atoms with van der Waals surface area (Å²) < 4.78 is 4.92. The van der Waals surface area contributed by atoms with Gasteiger partial charge in [0.15, 0.2) is 0 Å². The SMILES string of the molecule is COCCNC(=O)c1cc(Nc2cccc(C)c2C)nc(C)n1. The molecule has 0 saturated carbocycles. The first-order valence-corrected chi connectivity index (χ1v) is 7.47. The highest BCUT2D eigenvalue weighted by Gasteiger charge is 2.11. The zero-order valence-corrected chi connectivity index (χ0v) is 13.9. The highest BCUT2D eigenvalue weighted by Crippen LogP contribution is 2.22. The van der Waals surface area contributed by atoms with Crippen LogP contribution in [0, 0.1) is 20.8 Å². The van der Waals surface area contributed by atoms with Gasteiger partial charge < -0.3 is 15.4 Å². The predicted octanol–water partition coefficient (Wildman–Crippen LogP) is 2.52. The van der Waals surface area contributed by atoms with E-state index < -0.39 is 0 Å². The number of carbonyl (C=O) groups is 1. The van der Waals surface area contributed by atoms with Crippen LogP contribution in [0.15, 0.2) is 24.3 Å². The first kappa shape index (κ1) is 16.9. The molecule has 2 aromatic rings. The maximum atomic E-state index is 12.1. The molecule has 6 nitrogen and oxygen atoms in total. The Labute approximate surface area is 136 Å². The van der Waals surface area contributed by atoms with Crippen LogP contribution in [0.25, 0.3) is 0 Å². The molecule has 0 radical (unpaired) electrons. The molecule has 0 atom stereocenters. The third-order valence-corrected chi connectivity index (χ3v) is 3.53. The molecule has 6 heteroatoms. The van der Waals surface area contributed by atoms with Gasteiger partial charge in [-0.1, -0.05) is 12.1 Å². The Bertz CT molecular complexity index is 701. The minimum absolute atomic E-state index is 0.239. The van der Waals surface area contributed by atoms with E-state index in [0.29, 0.717) is 30.5 Å². The van der Waals surface area contributed by atoms with Gasteiger partial charge in [0.2, 0.25) is 0 Å². The van der Waals surface area contributed by atoms with Gasteiger partial charge in [0.05, 0.1) is 6.61 Å². The molecule has 0 spiro atoms. The zero-order valence-electron chi connectivity index (χ0n) is 13.9. The highest BCUT2D eigenvalue weighted by molar-refractivity contribution is 5.93. The number of benzene rings is 1. The van der Waals surface area contributed by atoms with Crippen molar-refractivity contribution in [3.05, 3.63) is 46.9 Å². The Morgan fingerprint density at radius 3 is 2.74 bits per heavy atom. The van der Waals surface area contributed by atoms with E-state index in [4.69, 9.17) is 4.74 Å². The summed E-state index contributed by atoms with van der Waals surface area (Å²) >= 11 is 0. The molecule has 0 aliphatic heterocycles. The maximum Gasteiger partial charge on any atom is 0.270 e. The molecule has 0 saturated heterocycles. The molecule has 0 aliphatic carbocycles. The second-order valence-electron chi connectivity index (χ2n) is 5.31. The molecular formula is C17H22N4O2. The van der Waals surface area contributed by atoms with Gasteiger partial charge in [0.25, 0.3) is 5.91 Å². The van der Waals surface area contributed by atoms with E-state index in [1.165, 1.54) is 5.56 Å². The van der Waals surface area contributed by atoms with Gasteiger partial charge in [0.1, 0.15) is 17.3 Å². The summed E-state index contributed by atoms with van der Waals surface area (Å²) in [5, 5.41) is 6.02. The van der Waals surface area contributed by atoms with Gasteiger partial charge in [-0.2, -0.15) is 0 Å². The molecule has 1 amide bonds. The van der Waals surface area contributed by atoms with Gasteiger partial charge in [0, 0.05) is 25.4 Å². The Hall–Kier alpha value is -2.47. The van der Waals surface area contributed by atoms with Crippen molar-refractivity contribution in [3.8, 4) is 0 Å². The Kier molecular flexibility index (Phi) is 5.65. The van der Waals surface area contributed by atoms with Crippen molar-refractivity contribution in [2.75, 3.05) is 25.6 Å². The minimum Gasteiger partial charge on any atom is -0.383 e. The lowest BCUT2D eigenvalue weighted by Gasteiger charge is -2.12. The Morgan fingerprint density at radius 1 is 1.22 bits per heavy atom. The molecular weight excluding hydrogens is 292 g/mol. The molecule has 0 unspecified atom stereocenters. The van der Waals surface area contributed by atoms with Crippen molar-refractivity contribution in [1.29, 1.82) is 0 Å². The molecule has 0 aliphatic rings. The van der Waals surface area contributed by atoms with Crippen molar-refractivity contribution in [2.24, 2.45) is 0 Å². The number of aromatic nitrogens is 2. The molecule has 2 N–H and O–H groups in total. The smallest absolute Gasteiger partial charge is 0.270 e. The molecule has 1 heterocycles. The van der Waals surface area contributed by atoms with Gasteiger partial charge in [-0.3, -0.25) is 4.79 Å². The molecule has 0 bridgehead atoms. The first-order chi connectivity index (χ1) is 11.0. The average Bonchev–Trinajstić information content (AvgIpc) is 2.51. The summed E-state index contributed by atoms with van der Waals surface area (Å²) in [5.74, 6) is 0.900. The second kappa shape index (κ2) is 7.69. The lowest BCUT2D eigenvalue weighted by Crippen LogP contribution is -2.28. The summed E-state index contributed by atoms with van der Waals surface area (Å²) in [5.41, 5.74) is 3.64. The topological polar surface area (TPSA) is 76.1 Å². The number of ether oxygens (including phenoxy) is 1. The number of rotatable bonds is 6. The van der Waals surface area contributed by atoms with Crippen molar-refractivity contribution in [2.45, 2.75) is 20.8 Å². The van der Waals surface area contributed by atoms with Gasteiger partial charge in [-0.25, -0.2) is 9.97 Å². The summed E-state index contributed by atoms with van der Waals surface area (Å²) in [4.78, 5) is 20.7. The lowest BCUT2D eigenvalue weighted by atomic mass is 10.1. The van der Waals surface area contributed by atoms with Gasteiger partial charge >= 0.3 is 0 Å². The third-order valence-electron chi connectivity index (χ3n) is 3.53. The molecule has 2 rings (SSSR count). The van der Waals surface area contributed by atoms with E-state index in [0.717, 1.165) is 11.3 Å². The van der Waals surface area contributed by atoms with Crippen LogP contribution in [0.5, 0.6) is 0 Å². The van der Waals surface area contributed by atoms with E-state index in [-0.39, 0.29) is 5.91 Å².